The maximum absolute atomic E-state index is 12.0. The first-order valence-electron chi connectivity index (χ1n) is 4.45. The monoisotopic (exact) mass is 287 g/mol. The average Bonchev–Trinajstić information content (AvgIpc) is 2.41. The summed E-state index contributed by atoms with van der Waals surface area (Å²) in [5, 5.41) is 2.86. The topological polar surface area (TPSA) is 46.2 Å². The van der Waals surface area contributed by atoms with E-state index in [1.165, 1.54) is 0 Å². The molecule has 15 heavy (non-hydrogen) atoms. The molecule has 0 atom stereocenters. The summed E-state index contributed by atoms with van der Waals surface area (Å²) >= 11 is 3.27. The Balaban J connectivity index is 2.58. The molecule has 0 saturated carbocycles. The zero-order chi connectivity index (χ0) is 11.1. The van der Waals surface area contributed by atoms with Gasteiger partial charge < -0.3 is 5.32 Å². The third-order valence-electron chi connectivity index (χ3n) is 2.28. The average molecular weight is 288 g/mol. The molecule has 0 saturated heterocycles. The molecule has 1 aliphatic heterocycles. The van der Waals surface area contributed by atoms with Gasteiger partial charge in [0.15, 0.2) is 0 Å². The third-order valence-corrected chi connectivity index (χ3v) is 4.66. The molecule has 0 aliphatic carbocycles. The number of fused-ring (bicyclic) bond motifs is 1. The number of sulfone groups is 1. The molecule has 0 amide bonds. The zero-order valence-corrected chi connectivity index (χ0v) is 10.5. The molecule has 1 heterocycles. The molecule has 1 N–H and O–H groups in total. The normalized spacial score (nSPS) is 17.3. The van der Waals surface area contributed by atoms with Crippen LogP contribution >= 0.6 is 15.9 Å². The van der Waals surface area contributed by atoms with Crippen LogP contribution in [0.4, 0.5) is 0 Å². The lowest BCUT2D eigenvalue weighted by Gasteiger charge is -2.02. The second-order valence-electron chi connectivity index (χ2n) is 3.33. The minimum absolute atomic E-state index is 0.370. The molecule has 3 nitrogen and oxygen atoms in total. The summed E-state index contributed by atoms with van der Waals surface area (Å²) in [6.45, 7) is 0.370. The van der Waals surface area contributed by atoms with Crippen LogP contribution in [0.3, 0.4) is 0 Å². The van der Waals surface area contributed by atoms with Crippen molar-refractivity contribution in [3.8, 4) is 0 Å². The highest BCUT2D eigenvalue weighted by Gasteiger charge is 2.28. The summed E-state index contributed by atoms with van der Waals surface area (Å²) in [5.41, 5.74) is 0.767. The Labute approximate surface area is 97.2 Å². The van der Waals surface area contributed by atoms with Crippen molar-refractivity contribution in [1.82, 2.24) is 5.32 Å². The van der Waals surface area contributed by atoms with Gasteiger partial charge >= 0.3 is 0 Å². The minimum Gasteiger partial charge on any atom is -0.315 e. The Morgan fingerprint density at radius 1 is 1.40 bits per heavy atom. The van der Waals surface area contributed by atoms with Crippen LogP contribution in [0, 0.1) is 0 Å². The molecule has 2 rings (SSSR count). The van der Waals surface area contributed by atoms with Crippen LogP contribution in [-0.2, 0) is 9.84 Å². The molecule has 0 fully saturated rings. The lowest BCUT2D eigenvalue weighted by Crippen LogP contribution is -2.15. The lowest BCUT2D eigenvalue weighted by molar-refractivity contribution is 0.601. The van der Waals surface area contributed by atoms with Crippen LogP contribution in [0.1, 0.15) is 5.56 Å². The van der Waals surface area contributed by atoms with Gasteiger partial charge in [0.2, 0.25) is 9.84 Å². The van der Waals surface area contributed by atoms with Gasteiger partial charge in [0.25, 0.3) is 0 Å². The lowest BCUT2D eigenvalue weighted by atomic mass is 10.2. The van der Waals surface area contributed by atoms with Crippen molar-refractivity contribution in [1.29, 1.82) is 0 Å². The largest absolute Gasteiger partial charge is 0.315 e. The SMILES string of the molecule is CNCC1=Cc2ccc(Br)cc2S1(=O)=O. The van der Waals surface area contributed by atoms with Gasteiger partial charge in [0.05, 0.1) is 9.80 Å². The fraction of sp³-hybridized carbons (Fsp3) is 0.200. The van der Waals surface area contributed by atoms with Crippen molar-refractivity contribution in [2.75, 3.05) is 13.6 Å². The van der Waals surface area contributed by atoms with Gasteiger partial charge in [-0.15, -0.1) is 0 Å². The van der Waals surface area contributed by atoms with E-state index < -0.39 is 9.84 Å². The van der Waals surface area contributed by atoms with E-state index in [9.17, 15) is 8.42 Å². The summed E-state index contributed by atoms with van der Waals surface area (Å²) in [6.07, 6.45) is 1.72. The Kier molecular flexibility index (Phi) is 2.70. The molecule has 1 aromatic carbocycles. The first-order valence-corrected chi connectivity index (χ1v) is 6.73. The van der Waals surface area contributed by atoms with Crippen LogP contribution in [0.2, 0.25) is 0 Å². The molecule has 0 aromatic heterocycles. The van der Waals surface area contributed by atoms with E-state index in [0.717, 1.165) is 10.0 Å². The standard InChI is InChI=1S/C10H10BrNO2S/c1-12-6-9-4-7-2-3-8(11)5-10(7)15(9,13)14/h2-5,12H,6H2,1H3. The van der Waals surface area contributed by atoms with E-state index in [-0.39, 0.29) is 0 Å². The van der Waals surface area contributed by atoms with Crippen molar-refractivity contribution in [2.45, 2.75) is 4.90 Å². The molecule has 1 aromatic rings. The van der Waals surface area contributed by atoms with Gasteiger partial charge in [-0.05, 0) is 30.8 Å². The zero-order valence-electron chi connectivity index (χ0n) is 8.12. The molecule has 5 heteroatoms. The van der Waals surface area contributed by atoms with Crippen LogP contribution in [0.25, 0.3) is 6.08 Å². The first kappa shape index (κ1) is 10.9. The molecule has 1 aliphatic rings. The van der Waals surface area contributed by atoms with E-state index in [2.05, 4.69) is 21.2 Å². The Morgan fingerprint density at radius 3 is 2.80 bits per heavy atom. The highest BCUT2D eigenvalue weighted by atomic mass is 79.9. The maximum Gasteiger partial charge on any atom is 0.204 e. The Morgan fingerprint density at radius 2 is 2.13 bits per heavy atom. The number of hydrogen-bond donors (Lipinski definition) is 1. The number of hydrogen-bond acceptors (Lipinski definition) is 3. The number of benzene rings is 1. The van der Waals surface area contributed by atoms with Gasteiger partial charge in [-0.1, -0.05) is 22.0 Å². The summed E-state index contributed by atoms with van der Waals surface area (Å²) in [6, 6.07) is 5.29. The van der Waals surface area contributed by atoms with E-state index in [4.69, 9.17) is 0 Å². The number of likely N-dealkylation sites (N-methyl/N-ethyl adjacent to an activating group) is 1. The summed E-state index contributed by atoms with van der Waals surface area (Å²) in [7, 11) is -1.53. The van der Waals surface area contributed by atoms with Gasteiger partial charge in [-0.25, -0.2) is 8.42 Å². The summed E-state index contributed by atoms with van der Waals surface area (Å²) < 4.78 is 24.8. The third kappa shape index (κ3) is 1.75. The number of nitrogens with one attached hydrogen (secondary N) is 1. The predicted molar refractivity (Wildman–Crippen MR) is 63.2 cm³/mol. The fourth-order valence-electron chi connectivity index (χ4n) is 1.57. The van der Waals surface area contributed by atoms with Crippen LogP contribution in [0.5, 0.6) is 0 Å². The van der Waals surface area contributed by atoms with Crippen molar-refractivity contribution in [2.24, 2.45) is 0 Å². The highest BCUT2D eigenvalue weighted by Crippen LogP contribution is 2.33. The predicted octanol–water partition coefficient (Wildman–Crippen LogP) is 1.80. The van der Waals surface area contributed by atoms with E-state index in [1.807, 2.05) is 6.07 Å². The molecule has 0 spiro atoms. The van der Waals surface area contributed by atoms with Crippen molar-refractivity contribution >= 4 is 31.8 Å². The van der Waals surface area contributed by atoms with E-state index in [1.54, 1.807) is 25.3 Å². The molecular weight excluding hydrogens is 278 g/mol. The minimum atomic E-state index is -3.26. The van der Waals surface area contributed by atoms with Gasteiger partial charge in [0.1, 0.15) is 0 Å². The van der Waals surface area contributed by atoms with E-state index in [0.29, 0.717) is 16.3 Å². The Bertz CT molecular complexity index is 534. The van der Waals surface area contributed by atoms with Gasteiger partial charge in [-0.2, -0.15) is 0 Å². The Hall–Kier alpha value is -0.650. The maximum atomic E-state index is 12.0. The van der Waals surface area contributed by atoms with Crippen LogP contribution in [-0.4, -0.2) is 22.0 Å². The molecule has 0 unspecified atom stereocenters. The van der Waals surface area contributed by atoms with Gasteiger partial charge in [-0.3, -0.25) is 0 Å². The smallest absolute Gasteiger partial charge is 0.204 e. The summed E-state index contributed by atoms with van der Waals surface area (Å²) in [4.78, 5) is 0.820. The fourth-order valence-corrected chi connectivity index (χ4v) is 3.70. The number of halogens is 1. The van der Waals surface area contributed by atoms with Crippen molar-refractivity contribution < 1.29 is 8.42 Å². The second kappa shape index (κ2) is 3.73. The van der Waals surface area contributed by atoms with Crippen LogP contribution < -0.4 is 5.32 Å². The molecule has 0 bridgehead atoms. The second-order valence-corrected chi connectivity index (χ2v) is 6.21. The summed E-state index contributed by atoms with van der Waals surface area (Å²) in [5.74, 6) is 0. The van der Waals surface area contributed by atoms with Crippen molar-refractivity contribution in [3.05, 3.63) is 33.1 Å². The highest BCUT2D eigenvalue weighted by molar-refractivity contribution is 9.10. The molecule has 80 valence electrons. The molecular formula is C10H10BrNO2S. The first-order chi connectivity index (χ1) is 7.05. The quantitative estimate of drug-likeness (QED) is 0.902. The molecule has 0 radical (unpaired) electrons. The van der Waals surface area contributed by atoms with Crippen molar-refractivity contribution in [3.63, 3.8) is 0 Å². The van der Waals surface area contributed by atoms with Crippen LogP contribution in [0.15, 0.2) is 32.5 Å². The number of rotatable bonds is 2. The van der Waals surface area contributed by atoms with E-state index >= 15 is 0 Å². The van der Waals surface area contributed by atoms with Gasteiger partial charge in [0, 0.05) is 11.0 Å².